The van der Waals surface area contributed by atoms with Crippen LogP contribution in [0.25, 0.3) is 10.9 Å². The number of hydrogen-bond donors (Lipinski definition) is 0. The first-order valence-corrected chi connectivity index (χ1v) is 10.7. The molecule has 1 atom stereocenters. The highest BCUT2D eigenvalue weighted by molar-refractivity contribution is 5.91. The molecule has 2 heterocycles. The molecule has 0 saturated heterocycles. The van der Waals surface area contributed by atoms with E-state index in [1.807, 2.05) is 0 Å². The minimum absolute atomic E-state index is 0.484. The number of rotatable bonds is 4. The minimum atomic E-state index is -4.29. The van der Waals surface area contributed by atoms with Gasteiger partial charge in [0.15, 0.2) is 0 Å². The van der Waals surface area contributed by atoms with Crippen molar-refractivity contribution in [3.8, 4) is 0 Å². The van der Waals surface area contributed by atoms with Crippen molar-refractivity contribution in [2.45, 2.75) is 65.8 Å². The second kappa shape index (κ2) is 7.77. The molecule has 2 nitrogen and oxygen atoms in total. The summed E-state index contributed by atoms with van der Waals surface area (Å²) in [6.45, 7) is 11.6. The SMILES string of the molecule is CCN1Cc2c(n(CCc3ccc(C(F)(F)F)cc3)c3c(C)ccc(C)c23)CC1C. The molecule has 1 aliphatic rings. The fraction of sp³-hybridized carbons (Fsp3) is 0.440. The monoisotopic (exact) mass is 414 g/mol. The standard InChI is InChI=1S/C25H29F3N2/c1-5-29-15-21-22(14-18(29)4)30(24-17(3)7-6-16(2)23(21)24)13-12-19-8-10-20(11-9-19)25(26,27)28/h6-11,18H,5,12-15H2,1-4H3. The van der Waals surface area contributed by atoms with E-state index in [2.05, 4.69) is 49.3 Å². The molecule has 2 aromatic carbocycles. The molecule has 0 amide bonds. The van der Waals surface area contributed by atoms with Gasteiger partial charge in [-0.15, -0.1) is 0 Å². The van der Waals surface area contributed by atoms with Crippen LogP contribution in [-0.2, 0) is 32.1 Å². The highest BCUT2D eigenvalue weighted by atomic mass is 19.4. The summed E-state index contributed by atoms with van der Waals surface area (Å²) in [5, 5.41) is 1.36. The average Bonchev–Trinajstić information content (AvgIpc) is 3.02. The van der Waals surface area contributed by atoms with Crippen LogP contribution in [0, 0.1) is 13.8 Å². The Morgan fingerprint density at radius 2 is 1.67 bits per heavy atom. The van der Waals surface area contributed by atoms with Crippen molar-refractivity contribution < 1.29 is 13.2 Å². The summed E-state index contributed by atoms with van der Waals surface area (Å²) in [5.41, 5.74) is 7.01. The Kier molecular flexibility index (Phi) is 5.43. The van der Waals surface area contributed by atoms with Crippen LogP contribution < -0.4 is 0 Å². The van der Waals surface area contributed by atoms with Gasteiger partial charge in [-0.3, -0.25) is 4.90 Å². The van der Waals surface area contributed by atoms with Crippen molar-refractivity contribution in [3.63, 3.8) is 0 Å². The smallest absolute Gasteiger partial charge is 0.344 e. The lowest BCUT2D eigenvalue weighted by atomic mass is 9.97. The van der Waals surface area contributed by atoms with Crippen molar-refractivity contribution in [2.75, 3.05) is 6.54 Å². The summed E-state index contributed by atoms with van der Waals surface area (Å²) in [5.74, 6) is 0. The first-order chi connectivity index (χ1) is 14.2. The van der Waals surface area contributed by atoms with E-state index < -0.39 is 11.7 Å². The maximum Gasteiger partial charge on any atom is 0.416 e. The molecule has 0 radical (unpaired) electrons. The fourth-order valence-corrected chi connectivity index (χ4v) is 4.91. The van der Waals surface area contributed by atoms with E-state index in [4.69, 9.17) is 0 Å². The molecule has 1 aliphatic heterocycles. The molecule has 1 unspecified atom stereocenters. The van der Waals surface area contributed by atoms with Gasteiger partial charge in [0.1, 0.15) is 0 Å². The molecule has 160 valence electrons. The van der Waals surface area contributed by atoms with Gasteiger partial charge in [-0.25, -0.2) is 0 Å². The van der Waals surface area contributed by atoms with Gasteiger partial charge < -0.3 is 4.57 Å². The summed E-state index contributed by atoms with van der Waals surface area (Å²) in [6, 6.07) is 10.5. The Morgan fingerprint density at radius 3 is 2.30 bits per heavy atom. The minimum Gasteiger partial charge on any atom is -0.344 e. The van der Waals surface area contributed by atoms with E-state index in [1.54, 1.807) is 12.1 Å². The predicted octanol–water partition coefficient (Wildman–Crippen LogP) is 6.29. The number of benzene rings is 2. The molecule has 5 heteroatoms. The van der Waals surface area contributed by atoms with E-state index in [9.17, 15) is 13.2 Å². The summed E-state index contributed by atoms with van der Waals surface area (Å²) in [4.78, 5) is 2.52. The molecule has 4 rings (SSSR count). The number of aryl methyl sites for hydroxylation is 4. The van der Waals surface area contributed by atoms with Crippen LogP contribution in [-0.4, -0.2) is 22.1 Å². The first kappa shape index (κ1) is 21.0. The van der Waals surface area contributed by atoms with Crippen LogP contribution in [0.15, 0.2) is 36.4 Å². The third-order valence-electron chi connectivity index (χ3n) is 6.62. The molecule has 30 heavy (non-hydrogen) atoms. The van der Waals surface area contributed by atoms with Gasteiger partial charge in [0.25, 0.3) is 0 Å². The number of nitrogens with zero attached hydrogens (tertiary/aromatic N) is 2. The first-order valence-electron chi connectivity index (χ1n) is 10.7. The number of likely N-dealkylation sites (N-methyl/N-ethyl adjacent to an activating group) is 1. The van der Waals surface area contributed by atoms with E-state index in [0.29, 0.717) is 12.5 Å². The number of hydrogen-bond acceptors (Lipinski definition) is 1. The van der Waals surface area contributed by atoms with Crippen molar-refractivity contribution >= 4 is 10.9 Å². The quantitative estimate of drug-likeness (QED) is 0.487. The molecule has 0 spiro atoms. The molecule has 3 aromatic rings. The summed E-state index contributed by atoms with van der Waals surface area (Å²) >= 11 is 0. The normalized spacial score (nSPS) is 17.5. The van der Waals surface area contributed by atoms with Crippen LogP contribution in [0.5, 0.6) is 0 Å². The third kappa shape index (κ3) is 3.64. The third-order valence-corrected chi connectivity index (χ3v) is 6.62. The van der Waals surface area contributed by atoms with E-state index in [1.165, 1.54) is 45.4 Å². The van der Waals surface area contributed by atoms with Gasteiger partial charge >= 0.3 is 6.18 Å². The predicted molar refractivity (Wildman–Crippen MR) is 116 cm³/mol. The van der Waals surface area contributed by atoms with Crippen molar-refractivity contribution in [1.82, 2.24) is 9.47 Å². The summed E-state index contributed by atoms with van der Waals surface area (Å²) < 4.78 is 41.0. The zero-order chi connectivity index (χ0) is 21.6. The second-order valence-electron chi connectivity index (χ2n) is 8.56. The van der Waals surface area contributed by atoms with E-state index in [0.717, 1.165) is 31.6 Å². The van der Waals surface area contributed by atoms with Gasteiger partial charge in [0.05, 0.1) is 11.1 Å². The fourth-order valence-electron chi connectivity index (χ4n) is 4.91. The maximum atomic E-state index is 12.9. The van der Waals surface area contributed by atoms with Crippen LogP contribution in [0.2, 0.25) is 0 Å². The molecular formula is C25H29F3N2. The van der Waals surface area contributed by atoms with Crippen molar-refractivity contribution in [1.29, 1.82) is 0 Å². The molecule has 0 bridgehead atoms. The zero-order valence-corrected chi connectivity index (χ0v) is 18.1. The van der Waals surface area contributed by atoms with Crippen molar-refractivity contribution in [3.05, 3.63) is 69.9 Å². The number of aromatic nitrogens is 1. The lowest BCUT2D eigenvalue weighted by Gasteiger charge is -2.33. The van der Waals surface area contributed by atoms with Crippen LogP contribution in [0.4, 0.5) is 13.2 Å². The molecule has 0 N–H and O–H groups in total. The largest absolute Gasteiger partial charge is 0.416 e. The number of alkyl halides is 3. The van der Waals surface area contributed by atoms with Gasteiger partial charge in [-0.2, -0.15) is 13.2 Å². The molecule has 1 aromatic heterocycles. The van der Waals surface area contributed by atoms with Gasteiger partial charge in [-0.05, 0) is 68.1 Å². The molecule has 0 saturated carbocycles. The lowest BCUT2D eigenvalue weighted by molar-refractivity contribution is -0.137. The topological polar surface area (TPSA) is 8.17 Å². The second-order valence-corrected chi connectivity index (χ2v) is 8.56. The Labute approximate surface area is 176 Å². The van der Waals surface area contributed by atoms with Crippen LogP contribution in [0.1, 0.15) is 47.4 Å². The Hall–Kier alpha value is -2.27. The maximum absolute atomic E-state index is 12.9. The lowest BCUT2D eigenvalue weighted by Crippen LogP contribution is -2.38. The van der Waals surface area contributed by atoms with Crippen LogP contribution >= 0.6 is 0 Å². The summed E-state index contributed by atoms with van der Waals surface area (Å²) in [6.07, 6.45) is -2.57. The Bertz CT molecular complexity index is 1060. The highest BCUT2D eigenvalue weighted by Gasteiger charge is 2.30. The molecule has 0 aliphatic carbocycles. The molecule has 0 fully saturated rings. The van der Waals surface area contributed by atoms with Crippen LogP contribution in [0.3, 0.4) is 0 Å². The van der Waals surface area contributed by atoms with Gasteiger partial charge in [0, 0.05) is 36.6 Å². The number of fused-ring (bicyclic) bond motifs is 3. The molecular weight excluding hydrogens is 385 g/mol. The zero-order valence-electron chi connectivity index (χ0n) is 18.1. The average molecular weight is 415 g/mol. The van der Waals surface area contributed by atoms with Gasteiger partial charge in [0.2, 0.25) is 0 Å². The van der Waals surface area contributed by atoms with Gasteiger partial charge in [-0.1, -0.05) is 31.2 Å². The van der Waals surface area contributed by atoms with Crippen molar-refractivity contribution in [2.24, 2.45) is 0 Å². The van der Waals surface area contributed by atoms with E-state index >= 15 is 0 Å². The highest BCUT2D eigenvalue weighted by Crippen LogP contribution is 2.36. The number of halogens is 3. The summed E-state index contributed by atoms with van der Waals surface area (Å²) in [7, 11) is 0. The Morgan fingerprint density at radius 1 is 1.00 bits per heavy atom. The van der Waals surface area contributed by atoms with E-state index in [-0.39, 0.29) is 0 Å². The Balaban J connectivity index is 1.72.